The molecule has 32 heavy (non-hydrogen) atoms. The predicted molar refractivity (Wildman–Crippen MR) is 120 cm³/mol. The quantitative estimate of drug-likeness (QED) is 0.128. The Morgan fingerprint density at radius 2 is 1.91 bits per heavy atom. The van der Waals surface area contributed by atoms with Crippen molar-refractivity contribution in [3.63, 3.8) is 0 Å². The molecule has 0 spiro atoms. The van der Waals surface area contributed by atoms with Crippen LogP contribution in [0.2, 0.25) is 0 Å². The summed E-state index contributed by atoms with van der Waals surface area (Å²) in [5.41, 5.74) is 0. The molecule has 0 aromatic rings. The SMILES string of the molecule is C=C/C=C\C(=C/CC(F)(F)F)OCC/C=C/C1[C@@H](C/C=C\CCCCC(=O)O)CC[C@H]1O. The van der Waals surface area contributed by atoms with Crippen molar-refractivity contribution in [1.82, 2.24) is 0 Å². The number of aliphatic hydroxyl groups excluding tert-OH is 1. The highest BCUT2D eigenvalue weighted by Gasteiger charge is 2.32. The largest absolute Gasteiger partial charge is 0.494 e. The van der Waals surface area contributed by atoms with Gasteiger partial charge in [0.2, 0.25) is 0 Å². The molecule has 3 atom stereocenters. The predicted octanol–water partition coefficient (Wildman–Crippen LogP) is 6.51. The van der Waals surface area contributed by atoms with E-state index in [0.717, 1.165) is 38.2 Å². The summed E-state index contributed by atoms with van der Waals surface area (Å²) in [5, 5.41) is 18.9. The van der Waals surface area contributed by atoms with Gasteiger partial charge in [0.25, 0.3) is 0 Å². The van der Waals surface area contributed by atoms with Crippen LogP contribution in [0.3, 0.4) is 0 Å². The monoisotopic (exact) mass is 456 g/mol. The van der Waals surface area contributed by atoms with E-state index in [2.05, 4.69) is 18.7 Å². The van der Waals surface area contributed by atoms with Gasteiger partial charge in [-0.3, -0.25) is 4.79 Å². The Bertz CT molecular complexity index is 677. The van der Waals surface area contributed by atoms with Gasteiger partial charge in [0, 0.05) is 12.3 Å². The fraction of sp³-hybridized carbons (Fsp3) is 0.560. The standard InChI is InChI=1S/C25H35F3O4/c1-2-3-12-21(17-18-25(26,27)28)32-19-10-9-13-22-20(15-16-23(22)29)11-7-5-4-6-8-14-24(30)31/h2-3,5,7,9,12-13,17,20,22-23,29H,1,4,6,8,10-11,14-16,18-19H2,(H,30,31)/b7-5-,12-3-,13-9+,21-17+/t20-,22?,23+/m0/s1. The molecule has 1 aliphatic rings. The van der Waals surface area contributed by atoms with E-state index in [4.69, 9.17) is 9.84 Å². The summed E-state index contributed by atoms with van der Waals surface area (Å²) in [6.07, 6.45) is 13.5. The maximum absolute atomic E-state index is 12.4. The maximum atomic E-state index is 12.4. The van der Waals surface area contributed by atoms with Crippen LogP contribution < -0.4 is 0 Å². The molecule has 4 nitrogen and oxygen atoms in total. The smallest absolute Gasteiger partial charge is 0.392 e. The van der Waals surface area contributed by atoms with Crippen molar-refractivity contribution in [3.8, 4) is 0 Å². The summed E-state index contributed by atoms with van der Waals surface area (Å²) < 4.78 is 42.7. The molecule has 1 rings (SSSR count). The number of carboxylic acid groups (broad SMARTS) is 1. The molecule has 0 saturated heterocycles. The van der Waals surface area contributed by atoms with E-state index in [-0.39, 0.29) is 30.8 Å². The van der Waals surface area contributed by atoms with Gasteiger partial charge in [-0.1, -0.05) is 43.0 Å². The molecule has 0 aromatic carbocycles. The third-order valence-electron chi connectivity index (χ3n) is 5.28. The zero-order chi connectivity index (χ0) is 23.8. The number of carbonyl (C=O) groups is 1. The lowest BCUT2D eigenvalue weighted by molar-refractivity contribution is -0.137. The molecule has 1 fully saturated rings. The van der Waals surface area contributed by atoms with Crippen molar-refractivity contribution in [1.29, 1.82) is 0 Å². The molecule has 0 bridgehead atoms. The van der Waals surface area contributed by atoms with Crippen LogP contribution in [-0.4, -0.2) is 35.1 Å². The molecule has 1 saturated carbocycles. The Morgan fingerprint density at radius 1 is 1.12 bits per heavy atom. The first-order valence-corrected chi connectivity index (χ1v) is 11.1. The lowest BCUT2D eigenvalue weighted by atomic mass is 9.91. The number of rotatable bonds is 15. The van der Waals surface area contributed by atoms with E-state index in [1.807, 2.05) is 12.2 Å². The van der Waals surface area contributed by atoms with E-state index in [1.165, 1.54) is 18.2 Å². The van der Waals surface area contributed by atoms with Crippen molar-refractivity contribution in [3.05, 3.63) is 60.9 Å². The molecule has 0 aromatic heterocycles. The molecular weight excluding hydrogens is 421 g/mol. The lowest BCUT2D eigenvalue weighted by Gasteiger charge is -2.17. The fourth-order valence-electron chi connectivity index (χ4n) is 3.62. The Labute approximate surface area is 188 Å². The van der Waals surface area contributed by atoms with Crippen LogP contribution in [0.4, 0.5) is 13.2 Å². The Hall–Kier alpha value is -2.28. The van der Waals surface area contributed by atoms with Gasteiger partial charge in [-0.05, 0) is 63.0 Å². The summed E-state index contributed by atoms with van der Waals surface area (Å²) in [6.45, 7) is 3.74. The van der Waals surface area contributed by atoms with Crippen LogP contribution in [0.15, 0.2) is 60.9 Å². The second kappa shape index (κ2) is 15.5. The minimum Gasteiger partial charge on any atom is -0.494 e. The molecule has 180 valence electrons. The summed E-state index contributed by atoms with van der Waals surface area (Å²) in [4.78, 5) is 10.5. The zero-order valence-corrected chi connectivity index (χ0v) is 18.5. The highest BCUT2D eigenvalue weighted by molar-refractivity contribution is 5.66. The second-order valence-corrected chi connectivity index (χ2v) is 7.91. The number of hydrogen-bond donors (Lipinski definition) is 2. The van der Waals surface area contributed by atoms with E-state index in [0.29, 0.717) is 18.8 Å². The number of hydrogen-bond acceptors (Lipinski definition) is 3. The summed E-state index contributed by atoms with van der Waals surface area (Å²) >= 11 is 0. The van der Waals surface area contributed by atoms with Gasteiger partial charge in [-0.15, -0.1) is 0 Å². The van der Waals surface area contributed by atoms with E-state index >= 15 is 0 Å². The molecule has 0 amide bonds. The number of carboxylic acids is 1. The number of halogens is 3. The van der Waals surface area contributed by atoms with Crippen molar-refractivity contribution >= 4 is 5.97 Å². The second-order valence-electron chi connectivity index (χ2n) is 7.91. The fourth-order valence-corrected chi connectivity index (χ4v) is 3.62. The number of aliphatic carboxylic acids is 1. The Balaban J connectivity index is 2.42. The molecule has 7 heteroatoms. The van der Waals surface area contributed by atoms with Crippen molar-refractivity contribution in [2.24, 2.45) is 11.8 Å². The minimum absolute atomic E-state index is 0.0487. The van der Waals surface area contributed by atoms with Gasteiger partial charge in [0.1, 0.15) is 5.76 Å². The Kier molecular flexibility index (Phi) is 13.5. The molecule has 2 N–H and O–H groups in total. The van der Waals surface area contributed by atoms with E-state index < -0.39 is 18.6 Å². The van der Waals surface area contributed by atoms with Crippen molar-refractivity contribution in [2.45, 2.75) is 70.1 Å². The highest BCUT2D eigenvalue weighted by atomic mass is 19.4. The van der Waals surface area contributed by atoms with E-state index in [9.17, 15) is 23.1 Å². The Morgan fingerprint density at radius 3 is 2.59 bits per heavy atom. The number of ether oxygens (including phenoxy) is 1. The number of allylic oxidation sites excluding steroid dienone is 6. The normalized spacial score (nSPS) is 22.4. The molecule has 1 aliphatic carbocycles. The molecule has 0 radical (unpaired) electrons. The molecule has 1 unspecified atom stereocenters. The van der Waals surface area contributed by atoms with Crippen LogP contribution in [0, 0.1) is 11.8 Å². The summed E-state index contributed by atoms with van der Waals surface area (Å²) in [5.74, 6) is -0.221. The van der Waals surface area contributed by atoms with Crippen LogP contribution in [0.25, 0.3) is 0 Å². The third kappa shape index (κ3) is 13.2. The van der Waals surface area contributed by atoms with Gasteiger partial charge < -0.3 is 14.9 Å². The van der Waals surface area contributed by atoms with Crippen molar-refractivity contribution < 1.29 is 32.9 Å². The van der Waals surface area contributed by atoms with Gasteiger partial charge in [-0.2, -0.15) is 13.2 Å². The lowest BCUT2D eigenvalue weighted by Crippen LogP contribution is -2.16. The van der Waals surface area contributed by atoms with Crippen LogP contribution in [0.1, 0.15) is 57.8 Å². The summed E-state index contributed by atoms with van der Waals surface area (Å²) in [7, 11) is 0. The maximum Gasteiger partial charge on any atom is 0.392 e. The highest BCUT2D eigenvalue weighted by Crippen LogP contribution is 2.36. The number of aliphatic hydroxyl groups is 1. The van der Waals surface area contributed by atoms with Gasteiger partial charge in [0.05, 0.1) is 19.1 Å². The number of unbranched alkanes of at least 4 members (excludes halogenated alkanes) is 2. The zero-order valence-electron chi connectivity index (χ0n) is 18.5. The average molecular weight is 457 g/mol. The van der Waals surface area contributed by atoms with Gasteiger partial charge in [0.15, 0.2) is 0 Å². The summed E-state index contributed by atoms with van der Waals surface area (Å²) in [6, 6.07) is 0. The molecule has 0 heterocycles. The van der Waals surface area contributed by atoms with Crippen LogP contribution in [0.5, 0.6) is 0 Å². The molecule has 0 aliphatic heterocycles. The first kappa shape index (κ1) is 27.8. The first-order valence-electron chi connectivity index (χ1n) is 11.1. The minimum atomic E-state index is -4.28. The van der Waals surface area contributed by atoms with E-state index in [1.54, 1.807) is 0 Å². The third-order valence-corrected chi connectivity index (χ3v) is 5.28. The molecular formula is C25H35F3O4. The topological polar surface area (TPSA) is 66.8 Å². The van der Waals surface area contributed by atoms with Gasteiger partial charge >= 0.3 is 12.1 Å². The average Bonchev–Trinajstić information content (AvgIpc) is 3.07. The van der Waals surface area contributed by atoms with Gasteiger partial charge in [-0.25, -0.2) is 0 Å². The van der Waals surface area contributed by atoms with Crippen LogP contribution >= 0.6 is 0 Å². The van der Waals surface area contributed by atoms with Crippen molar-refractivity contribution in [2.75, 3.05) is 6.61 Å². The first-order chi connectivity index (χ1) is 15.2. The number of alkyl halides is 3. The van der Waals surface area contributed by atoms with Crippen LogP contribution in [-0.2, 0) is 9.53 Å².